The average Bonchev–Trinajstić information content (AvgIpc) is 3.10. The molecule has 3 aromatic carbocycles. The van der Waals surface area contributed by atoms with Gasteiger partial charge in [-0.05, 0) is 66.5 Å². The minimum atomic E-state index is -0.206. The number of hydrogen-bond acceptors (Lipinski definition) is 3. The van der Waals surface area contributed by atoms with Crippen molar-refractivity contribution in [2.45, 2.75) is 155 Å². The standard InChI is InChI=1S/C44H64O3/c1-5-8-10-12-14-15-16-17-19-24-41(23-7-3)47-44(45)43-26-21-20-25-42(43)40-33-31-39(32-34-40)38-29-27-37(28-30-38)36(4)46-35-22-18-13-11-9-6-2/h20-21,25-34,36,41H,5-19,22-24,35H2,1-4H3. The number of ether oxygens (including phenoxy) is 2. The van der Waals surface area contributed by atoms with Crippen LogP contribution in [-0.4, -0.2) is 18.7 Å². The van der Waals surface area contributed by atoms with Crippen LogP contribution in [0.5, 0.6) is 0 Å². The molecule has 0 radical (unpaired) electrons. The molecule has 47 heavy (non-hydrogen) atoms. The van der Waals surface area contributed by atoms with Crippen LogP contribution in [-0.2, 0) is 9.47 Å². The zero-order valence-electron chi connectivity index (χ0n) is 30.2. The Morgan fingerprint density at radius 2 is 1.06 bits per heavy atom. The molecule has 0 aliphatic rings. The summed E-state index contributed by atoms with van der Waals surface area (Å²) in [4.78, 5) is 13.5. The van der Waals surface area contributed by atoms with E-state index < -0.39 is 0 Å². The zero-order valence-corrected chi connectivity index (χ0v) is 30.2. The SMILES string of the molecule is CCCCCCCCCCCC(CCC)OC(=O)c1ccccc1-c1ccc(-c2ccc(C(C)OCCCCCCCC)cc2)cc1. The van der Waals surface area contributed by atoms with Crippen LogP contribution in [0.1, 0.15) is 165 Å². The Balaban J connectivity index is 1.52. The molecule has 0 bridgehead atoms. The molecule has 0 aromatic heterocycles. The number of hydrogen-bond donors (Lipinski definition) is 0. The Kier molecular flexibility index (Phi) is 19.2. The summed E-state index contributed by atoms with van der Waals surface area (Å²) in [6.07, 6.45) is 22.4. The molecule has 0 saturated heterocycles. The van der Waals surface area contributed by atoms with E-state index in [4.69, 9.17) is 9.47 Å². The van der Waals surface area contributed by atoms with Crippen LogP contribution in [0.25, 0.3) is 22.3 Å². The van der Waals surface area contributed by atoms with Gasteiger partial charge in [0, 0.05) is 6.61 Å². The van der Waals surface area contributed by atoms with Gasteiger partial charge in [-0.3, -0.25) is 0 Å². The number of carbonyl (C=O) groups excluding carboxylic acids is 1. The molecule has 0 spiro atoms. The van der Waals surface area contributed by atoms with Crippen molar-refractivity contribution in [1.82, 2.24) is 0 Å². The zero-order chi connectivity index (χ0) is 33.5. The number of unbranched alkanes of at least 4 members (excludes halogenated alkanes) is 13. The minimum Gasteiger partial charge on any atom is -0.459 e. The highest BCUT2D eigenvalue weighted by atomic mass is 16.5. The molecule has 3 rings (SSSR count). The van der Waals surface area contributed by atoms with Crippen LogP contribution < -0.4 is 0 Å². The first-order chi connectivity index (χ1) is 23.1. The van der Waals surface area contributed by atoms with Gasteiger partial charge in [0.25, 0.3) is 0 Å². The van der Waals surface area contributed by atoms with Gasteiger partial charge in [-0.15, -0.1) is 0 Å². The highest BCUT2D eigenvalue weighted by Gasteiger charge is 2.19. The molecule has 3 aromatic rings. The number of benzene rings is 3. The van der Waals surface area contributed by atoms with Crippen LogP contribution in [0.4, 0.5) is 0 Å². The van der Waals surface area contributed by atoms with Gasteiger partial charge in [0.2, 0.25) is 0 Å². The molecule has 0 heterocycles. The smallest absolute Gasteiger partial charge is 0.339 e. The van der Waals surface area contributed by atoms with Gasteiger partial charge >= 0.3 is 5.97 Å². The molecule has 0 amide bonds. The maximum atomic E-state index is 13.5. The van der Waals surface area contributed by atoms with E-state index in [0.717, 1.165) is 55.4 Å². The van der Waals surface area contributed by atoms with E-state index >= 15 is 0 Å². The van der Waals surface area contributed by atoms with Crippen LogP contribution in [0.2, 0.25) is 0 Å². The quantitative estimate of drug-likeness (QED) is 0.0683. The first-order valence-electron chi connectivity index (χ1n) is 19.2. The third kappa shape index (κ3) is 14.4. The van der Waals surface area contributed by atoms with Crippen molar-refractivity contribution in [3.63, 3.8) is 0 Å². The van der Waals surface area contributed by atoms with Gasteiger partial charge in [0.05, 0.1) is 11.7 Å². The third-order valence-electron chi connectivity index (χ3n) is 9.44. The second kappa shape index (κ2) is 23.4. The molecule has 0 fully saturated rings. The summed E-state index contributed by atoms with van der Waals surface area (Å²) in [7, 11) is 0. The van der Waals surface area contributed by atoms with E-state index in [1.165, 1.54) is 94.6 Å². The Labute approximate surface area is 287 Å². The number of esters is 1. The van der Waals surface area contributed by atoms with E-state index in [2.05, 4.69) is 76.2 Å². The summed E-state index contributed by atoms with van der Waals surface area (Å²) in [6, 6.07) is 25.1. The molecular weight excluding hydrogens is 576 g/mol. The fourth-order valence-corrected chi connectivity index (χ4v) is 6.42. The van der Waals surface area contributed by atoms with Crippen molar-refractivity contribution < 1.29 is 14.3 Å². The molecule has 0 N–H and O–H groups in total. The van der Waals surface area contributed by atoms with Gasteiger partial charge in [-0.2, -0.15) is 0 Å². The summed E-state index contributed by atoms with van der Waals surface area (Å²) in [5.41, 5.74) is 6.14. The molecule has 0 saturated carbocycles. The topological polar surface area (TPSA) is 35.5 Å². The van der Waals surface area contributed by atoms with E-state index in [1.807, 2.05) is 24.3 Å². The summed E-state index contributed by atoms with van der Waals surface area (Å²) < 4.78 is 12.3. The van der Waals surface area contributed by atoms with Crippen molar-refractivity contribution in [3.05, 3.63) is 83.9 Å². The Hall–Kier alpha value is -2.91. The second-order valence-corrected chi connectivity index (χ2v) is 13.5. The summed E-state index contributed by atoms with van der Waals surface area (Å²) >= 11 is 0. The lowest BCUT2D eigenvalue weighted by Gasteiger charge is -2.19. The third-order valence-corrected chi connectivity index (χ3v) is 9.44. The largest absolute Gasteiger partial charge is 0.459 e. The minimum absolute atomic E-state index is 0.0147. The molecule has 0 aliphatic heterocycles. The van der Waals surface area contributed by atoms with E-state index in [0.29, 0.717) is 5.56 Å². The van der Waals surface area contributed by atoms with Crippen LogP contribution >= 0.6 is 0 Å². The summed E-state index contributed by atoms with van der Waals surface area (Å²) in [5, 5.41) is 0. The highest BCUT2D eigenvalue weighted by Crippen LogP contribution is 2.30. The molecular formula is C44H64O3. The fraction of sp³-hybridized carbons (Fsp3) is 0.568. The summed E-state index contributed by atoms with van der Waals surface area (Å²) in [5.74, 6) is -0.206. The monoisotopic (exact) mass is 640 g/mol. The first kappa shape index (κ1) is 38.5. The van der Waals surface area contributed by atoms with Crippen molar-refractivity contribution in [3.8, 4) is 22.3 Å². The average molecular weight is 641 g/mol. The maximum absolute atomic E-state index is 13.5. The molecule has 3 nitrogen and oxygen atoms in total. The van der Waals surface area contributed by atoms with Gasteiger partial charge < -0.3 is 9.47 Å². The molecule has 2 unspecified atom stereocenters. The second-order valence-electron chi connectivity index (χ2n) is 13.5. The normalized spacial score (nSPS) is 12.6. The van der Waals surface area contributed by atoms with Crippen molar-refractivity contribution >= 4 is 5.97 Å². The maximum Gasteiger partial charge on any atom is 0.339 e. The van der Waals surface area contributed by atoms with Crippen LogP contribution in [0.15, 0.2) is 72.8 Å². The van der Waals surface area contributed by atoms with Gasteiger partial charge in [-0.25, -0.2) is 4.79 Å². The van der Waals surface area contributed by atoms with E-state index in [1.54, 1.807) is 0 Å². The van der Waals surface area contributed by atoms with E-state index in [9.17, 15) is 4.79 Å². The number of rotatable bonds is 25. The Morgan fingerprint density at radius 1 is 0.553 bits per heavy atom. The van der Waals surface area contributed by atoms with Crippen LogP contribution in [0, 0.1) is 0 Å². The molecule has 2 atom stereocenters. The summed E-state index contributed by atoms with van der Waals surface area (Å²) in [6.45, 7) is 9.67. The van der Waals surface area contributed by atoms with Crippen molar-refractivity contribution in [2.24, 2.45) is 0 Å². The lowest BCUT2D eigenvalue weighted by molar-refractivity contribution is 0.0254. The number of carbonyl (C=O) groups is 1. The first-order valence-corrected chi connectivity index (χ1v) is 19.2. The van der Waals surface area contributed by atoms with Gasteiger partial charge in [0.1, 0.15) is 6.10 Å². The predicted octanol–water partition coefficient (Wildman–Crippen LogP) is 13.7. The fourth-order valence-electron chi connectivity index (χ4n) is 6.42. The lowest BCUT2D eigenvalue weighted by Crippen LogP contribution is -2.19. The highest BCUT2D eigenvalue weighted by molar-refractivity contribution is 5.97. The lowest BCUT2D eigenvalue weighted by atomic mass is 9.96. The predicted molar refractivity (Wildman–Crippen MR) is 201 cm³/mol. The van der Waals surface area contributed by atoms with Gasteiger partial charge in [-0.1, -0.05) is 177 Å². The Morgan fingerprint density at radius 3 is 1.66 bits per heavy atom. The molecule has 0 aliphatic carbocycles. The Bertz CT molecular complexity index is 1230. The van der Waals surface area contributed by atoms with E-state index in [-0.39, 0.29) is 18.2 Å². The van der Waals surface area contributed by atoms with Gasteiger partial charge in [0.15, 0.2) is 0 Å². The van der Waals surface area contributed by atoms with Crippen LogP contribution in [0.3, 0.4) is 0 Å². The van der Waals surface area contributed by atoms with Crippen molar-refractivity contribution in [2.75, 3.05) is 6.61 Å². The molecule has 3 heteroatoms. The molecule has 258 valence electrons. The van der Waals surface area contributed by atoms with Crippen molar-refractivity contribution in [1.29, 1.82) is 0 Å².